The van der Waals surface area contributed by atoms with Crippen LogP contribution in [0.15, 0.2) is 158 Å². The molecule has 0 saturated heterocycles. The van der Waals surface area contributed by atoms with E-state index in [4.69, 9.17) is 4.98 Å². The van der Waals surface area contributed by atoms with Crippen molar-refractivity contribution in [3.63, 3.8) is 0 Å². The molecule has 0 N–H and O–H groups in total. The Morgan fingerprint density at radius 3 is 1.58 bits per heavy atom. The fourth-order valence-electron chi connectivity index (χ4n) is 5.86. The van der Waals surface area contributed by atoms with E-state index in [1.807, 2.05) is 53.9 Å². The van der Waals surface area contributed by atoms with Gasteiger partial charge >= 0.3 is 0 Å². The molecule has 3 heteroatoms. The molecule has 0 radical (unpaired) electrons. The van der Waals surface area contributed by atoms with Gasteiger partial charge in [0.25, 0.3) is 0 Å². The summed E-state index contributed by atoms with van der Waals surface area (Å²) in [4.78, 5) is 9.40. The van der Waals surface area contributed by atoms with Crippen molar-refractivity contribution in [2.45, 2.75) is 0 Å². The van der Waals surface area contributed by atoms with Gasteiger partial charge in [0.05, 0.1) is 5.69 Å². The maximum atomic E-state index is 4.89. The van der Waals surface area contributed by atoms with E-state index in [0.29, 0.717) is 0 Å². The molecule has 6 aromatic carbocycles. The molecule has 2 nitrogen and oxygen atoms in total. The molecule has 8 aromatic rings. The van der Waals surface area contributed by atoms with E-state index >= 15 is 0 Å². The van der Waals surface area contributed by atoms with E-state index in [-0.39, 0.29) is 0 Å². The lowest BCUT2D eigenvalue weighted by Gasteiger charge is -2.09. The summed E-state index contributed by atoms with van der Waals surface area (Å²) in [5, 5.41) is 2.62. The zero-order chi connectivity index (χ0) is 28.6. The molecule has 43 heavy (non-hydrogen) atoms. The van der Waals surface area contributed by atoms with Gasteiger partial charge in [0, 0.05) is 37.5 Å². The molecule has 0 saturated carbocycles. The van der Waals surface area contributed by atoms with Crippen LogP contribution in [0, 0.1) is 0 Å². The van der Waals surface area contributed by atoms with Crippen molar-refractivity contribution in [1.29, 1.82) is 0 Å². The van der Waals surface area contributed by atoms with E-state index in [1.165, 1.54) is 48.0 Å². The third-order valence-electron chi connectivity index (χ3n) is 7.96. The highest BCUT2D eigenvalue weighted by molar-refractivity contribution is 7.26. The first-order chi connectivity index (χ1) is 21.3. The first kappa shape index (κ1) is 25.3. The highest BCUT2D eigenvalue weighted by Gasteiger charge is 2.14. The average Bonchev–Trinajstić information content (AvgIpc) is 3.48. The molecule has 0 spiro atoms. The third kappa shape index (κ3) is 4.70. The Kier molecular flexibility index (Phi) is 6.36. The lowest BCUT2D eigenvalue weighted by molar-refractivity contribution is 1.18. The normalized spacial score (nSPS) is 11.3. The molecule has 2 heterocycles. The standard InChI is InChI=1S/C40H26N2S/c1-3-11-27(12-4-1)33-19-9-21-35-36-22-10-20-34(39(36)43-38(33)35)31-17-7-15-29(25-31)30-16-8-18-32(26-30)37-23-24-41-40(42-37)28-13-5-2-6-14-28/h1-26H. The van der Waals surface area contributed by atoms with Crippen LogP contribution in [0.2, 0.25) is 0 Å². The lowest BCUT2D eigenvalue weighted by Crippen LogP contribution is -1.91. The highest BCUT2D eigenvalue weighted by atomic mass is 32.1. The van der Waals surface area contributed by atoms with Crippen molar-refractivity contribution < 1.29 is 0 Å². The summed E-state index contributed by atoms with van der Waals surface area (Å²) >= 11 is 1.89. The van der Waals surface area contributed by atoms with Gasteiger partial charge in [-0.05, 0) is 51.6 Å². The second-order valence-corrected chi connectivity index (χ2v) is 11.6. The molecule has 0 atom stereocenters. The molecule has 8 rings (SSSR count). The molecule has 0 aliphatic heterocycles. The fourth-order valence-corrected chi connectivity index (χ4v) is 7.23. The fraction of sp³-hybridized carbons (Fsp3) is 0. The summed E-state index contributed by atoms with van der Waals surface area (Å²) in [5.41, 5.74) is 10.4. The minimum absolute atomic E-state index is 0.734. The van der Waals surface area contributed by atoms with Gasteiger partial charge in [0.1, 0.15) is 0 Å². The van der Waals surface area contributed by atoms with Crippen molar-refractivity contribution in [3.05, 3.63) is 158 Å². The van der Waals surface area contributed by atoms with Gasteiger partial charge in [-0.15, -0.1) is 11.3 Å². The first-order valence-electron chi connectivity index (χ1n) is 14.4. The summed E-state index contributed by atoms with van der Waals surface area (Å²) in [6.45, 7) is 0. The summed E-state index contributed by atoms with van der Waals surface area (Å²) in [6, 6.07) is 53.7. The number of nitrogens with zero attached hydrogens (tertiary/aromatic N) is 2. The number of aromatic nitrogens is 2. The summed E-state index contributed by atoms with van der Waals surface area (Å²) in [6.07, 6.45) is 1.84. The van der Waals surface area contributed by atoms with Crippen LogP contribution >= 0.6 is 11.3 Å². The third-order valence-corrected chi connectivity index (χ3v) is 9.25. The quantitative estimate of drug-likeness (QED) is 0.207. The minimum atomic E-state index is 0.734. The van der Waals surface area contributed by atoms with E-state index in [1.54, 1.807) is 0 Å². The second-order valence-electron chi connectivity index (χ2n) is 10.6. The van der Waals surface area contributed by atoms with Crippen LogP contribution in [0.5, 0.6) is 0 Å². The topological polar surface area (TPSA) is 25.8 Å². The Hall–Kier alpha value is -5.38. The SMILES string of the molecule is c1ccc(-c2nccc(-c3cccc(-c4cccc(-c5cccc6c5sc5c(-c7ccccc7)cccc56)c4)c3)n2)cc1. The van der Waals surface area contributed by atoms with Crippen LogP contribution in [-0.4, -0.2) is 9.97 Å². The van der Waals surface area contributed by atoms with Gasteiger partial charge in [-0.3, -0.25) is 0 Å². The molecule has 0 unspecified atom stereocenters. The molecular formula is C40H26N2S. The summed E-state index contributed by atoms with van der Waals surface area (Å²) in [5.74, 6) is 0.734. The van der Waals surface area contributed by atoms with Crippen molar-refractivity contribution in [1.82, 2.24) is 9.97 Å². The number of rotatable bonds is 5. The average molecular weight is 567 g/mol. The van der Waals surface area contributed by atoms with Gasteiger partial charge in [-0.2, -0.15) is 0 Å². The zero-order valence-electron chi connectivity index (χ0n) is 23.3. The van der Waals surface area contributed by atoms with Crippen LogP contribution < -0.4 is 0 Å². The van der Waals surface area contributed by atoms with Crippen molar-refractivity contribution in [2.24, 2.45) is 0 Å². The molecule has 2 aromatic heterocycles. The first-order valence-corrected chi connectivity index (χ1v) is 15.2. The summed E-state index contributed by atoms with van der Waals surface area (Å²) in [7, 11) is 0. The predicted octanol–water partition coefficient (Wildman–Crippen LogP) is 11.2. The van der Waals surface area contributed by atoms with Crippen LogP contribution in [0.25, 0.3) is 76.2 Å². The van der Waals surface area contributed by atoms with Crippen LogP contribution in [-0.2, 0) is 0 Å². The Morgan fingerprint density at radius 2 is 0.907 bits per heavy atom. The molecule has 0 amide bonds. The van der Waals surface area contributed by atoms with Crippen LogP contribution in [0.1, 0.15) is 0 Å². The number of hydrogen-bond donors (Lipinski definition) is 0. The van der Waals surface area contributed by atoms with E-state index in [9.17, 15) is 0 Å². The Morgan fingerprint density at radius 1 is 0.395 bits per heavy atom. The number of benzene rings is 6. The van der Waals surface area contributed by atoms with Crippen LogP contribution in [0.3, 0.4) is 0 Å². The maximum absolute atomic E-state index is 4.89. The lowest BCUT2D eigenvalue weighted by atomic mass is 9.96. The van der Waals surface area contributed by atoms with Crippen molar-refractivity contribution in [3.8, 4) is 56.0 Å². The Labute approximate surface area is 254 Å². The van der Waals surface area contributed by atoms with Crippen molar-refractivity contribution in [2.75, 3.05) is 0 Å². The van der Waals surface area contributed by atoms with Crippen LogP contribution in [0.4, 0.5) is 0 Å². The molecule has 0 aliphatic rings. The molecule has 202 valence electrons. The van der Waals surface area contributed by atoms with Gasteiger partial charge in [-0.1, -0.05) is 133 Å². The molecular weight excluding hydrogens is 541 g/mol. The van der Waals surface area contributed by atoms with Gasteiger partial charge in [-0.25, -0.2) is 9.97 Å². The number of hydrogen-bond acceptors (Lipinski definition) is 3. The van der Waals surface area contributed by atoms with Gasteiger partial charge in [0.15, 0.2) is 5.82 Å². The molecule has 0 fully saturated rings. The summed E-state index contributed by atoms with van der Waals surface area (Å²) < 4.78 is 2.65. The monoisotopic (exact) mass is 566 g/mol. The Bertz CT molecular complexity index is 2230. The smallest absolute Gasteiger partial charge is 0.159 e. The second kappa shape index (κ2) is 10.8. The van der Waals surface area contributed by atoms with E-state index in [2.05, 4.69) is 120 Å². The Balaban J connectivity index is 1.20. The van der Waals surface area contributed by atoms with Gasteiger partial charge < -0.3 is 0 Å². The maximum Gasteiger partial charge on any atom is 0.159 e. The van der Waals surface area contributed by atoms with Gasteiger partial charge in [0.2, 0.25) is 0 Å². The largest absolute Gasteiger partial charge is 0.237 e. The predicted molar refractivity (Wildman–Crippen MR) is 182 cm³/mol. The van der Waals surface area contributed by atoms with E-state index in [0.717, 1.165) is 28.2 Å². The highest BCUT2D eigenvalue weighted by Crippen LogP contribution is 2.44. The van der Waals surface area contributed by atoms with E-state index < -0.39 is 0 Å². The number of thiophene rings is 1. The minimum Gasteiger partial charge on any atom is -0.237 e. The molecule has 0 bridgehead atoms. The number of fused-ring (bicyclic) bond motifs is 3. The van der Waals surface area contributed by atoms with Crippen molar-refractivity contribution >= 4 is 31.5 Å². The zero-order valence-corrected chi connectivity index (χ0v) is 24.1. The molecule has 0 aliphatic carbocycles.